The maximum Gasteiger partial charge on any atom is 0.338 e. The standard InChI is InChI=1S/C40H50N2O15S3/c1-7-18-56-37(45)26-22-29(38(46)57-19-8-2)35-30(23-26)41(16-12-20-58(47,48)49)33(40(35,5)6)15-11-9-10-14-32-39(3,4)34-28(36(43)44)24-27(60(53,54)55)25-31(34)42(32)17-13-21-59(50,51)52/h9-11,14-15,22-25H,7-8,12-13,16-21H2,1-6H3,(H3-,43,44,47,48,49,50,51,52,53,54,55)/p+1. The van der Waals surface area contributed by atoms with Gasteiger partial charge in [0.25, 0.3) is 30.4 Å². The van der Waals surface area contributed by atoms with Gasteiger partial charge in [-0.1, -0.05) is 45.9 Å². The lowest BCUT2D eigenvalue weighted by atomic mass is 9.78. The lowest BCUT2D eigenvalue weighted by Crippen LogP contribution is -2.29. The van der Waals surface area contributed by atoms with Crippen molar-refractivity contribution in [3.63, 3.8) is 0 Å². The van der Waals surface area contributed by atoms with Crippen LogP contribution >= 0.6 is 0 Å². The molecular weight excluding hydrogens is 845 g/mol. The normalized spacial score (nSPS) is 16.8. The second kappa shape index (κ2) is 18.5. The van der Waals surface area contributed by atoms with Crippen LogP contribution in [0.1, 0.15) is 109 Å². The molecule has 0 amide bonds. The van der Waals surface area contributed by atoms with Gasteiger partial charge in [-0.25, -0.2) is 14.4 Å². The Hall–Kier alpha value is -4.73. The van der Waals surface area contributed by atoms with E-state index in [0.717, 1.165) is 12.1 Å². The molecule has 0 unspecified atom stereocenters. The topological polar surface area (TPSA) is 259 Å². The molecule has 2 heterocycles. The molecule has 2 aromatic carbocycles. The van der Waals surface area contributed by atoms with Gasteiger partial charge in [0.1, 0.15) is 6.54 Å². The number of benzene rings is 2. The molecule has 0 aromatic heterocycles. The number of nitrogens with zero attached hydrogens (tertiary/aromatic N) is 2. The van der Waals surface area contributed by atoms with E-state index >= 15 is 0 Å². The SMILES string of the molecule is CCCOC(=O)c1cc(C(=O)OCCC)c2c(c1)[N+](CCCS(=O)(=O)O)=C(C=CC=CC=C1N(CCCS(=O)(=O)O)c3cc(S(=O)(=O)O)cc(C(=O)O)c3C1(C)C)C2(C)C. The summed E-state index contributed by atoms with van der Waals surface area (Å²) in [5.41, 5.74) is 0.00310. The van der Waals surface area contributed by atoms with Gasteiger partial charge in [0, 0.05) is 47.5 Å². The average molecular weight is 896 g/mol. The highest BCUT2D eigenvalue weighted by atomic mass is 32.2. The minimum atomic E-state index is -4.87. The molecule has 0 saturated carbocycles. The van der Waals surface area contributed by atoms with E-state index < -0.39 is 81.1 Å². The smallest absolute Gasteiger partial charge is 0.338 e. The molecule has 0 bridgehead atoms. The number of carbonyl (C=O) groups is 3. The summed E-state index contributed by atoms with van der Waals surface area (Å²) in [6, 6.07) is 4.94. The first-order valence-corrected chi connectivity index (χ1v) is 23.7. The molecule has 2 aromatic rings. The predicted octanol–water partition coefficient (Wildman–Crippen LogP) is 5.49. The van der Waals surface area contributed by atoms with Crippen molar-refractivity contribution in [2.45, 2.75) is 83.0 Å². The molecule has 60 heavy (non-hydrogen) atoms. The molecule has 17 nitrogen and oxygen atoms in total. The Morgan fingerprint density at radius 3 is 1.92 bits per heavy atom. The van der Waals surface area contributed by atoms with Gasteiger partial charge >= 0.3 is 17.9 Å². The average Bonchev–Trinajstić information content (AvgIpc) is 3.48. The van der Waals surface area contributed by atoms with E-state index in [2.05, 4.69) is 0 Å². The third-order valence-electron chi connectivity index (χ3n) is 10.1. The second-order valence-corrected chi connectivity index (χ2v) is 19.9. The quantitative estimate of drug-likeness (QED) is 0.0588. The Kier molecular flexibility index (Phi) is 14.8. The zero-order valence-corrected chi connectivity index (χ0v) is 36.6. The molecule has 4 rings (SSSR count). The zero-order chi connectivity index (χ0) is 45.0. The van der Waals surface area contributed by atoms with E-state index in [1.54, 1.807) is 54.9 Å². The Morgan fingerprint density at radius 2 is 1.35 bits per heavy atom. The molecule has 328 valence electrons. The summed E-state index contributed by atoms with van der Waals surface area (Å²) in [6.45, 7) is 10.9. The number of carbonyl (C=O) groups excluding carboxylic acids is 2. The van der Waals surface area contributed by atoms with Crippen LogP contribution in [-0.4, -0.2) is 110 Å². The first-order valence-electron chi connectivity index (χ1n) is 19.1. The highest BCUT2D eigenvalue weighted by Crippen LogP contribution is 2.50. The minimum Gasteiger partial charge on any atom is -0.478 e. The highest BCUT2D eigenvalue weighted by Gasteiger charge is 2.48. The van der Waals surface area contributed by atoms with Crippen LogP contribution < -0.4 is 4.90 Å². The number of anilines is 1. The van der Waals surface area contributed by atoms with Crippen LogP contribution in [-0.2, 0) is 50.7 Å². The van der Waals surface area contributed by atoms with E-state index in [0.29, 0.717) is 35.5 Å². The summed E-state index contributed by atoms with van der Waals surface area (Å²) in [5.74, 6) is -4.02. The fourth-order valence-corrected chi connectivity index (χ4v) is 9.07. The number of allylic oxidation sites excluding steroid dienone is 6. The summed E-state index contributed by atoms with van der Waals surface area (Å²) >= 11 is 0. The van der Waals surface area contributed by atoms with Crippen LogP contribution in [0.4, 0.5) is 11.4 Å². The summed E-state index contributed by atoms with van der Waals surface area (Å²) < 4.78 is 112. The number of esters is 2. The second-order valence-electron chi connectivity index (χ2n) is 15.3. The lowest BCUT2D eigenvalue weighted by molar-refractivity contribution is -0.437. The van der Waals surface area contributed by atoms with Crippen molar-refractivity contribution in [3.8, 4) is 0 Å². The van der Waals surface area contributed by atoms with Crippen LogP contribution in [0.3, 0.4) is 0 Å². The van der Waals surface area contributed by atoms with Crippen molar-refractivity contribution in [1.82, 2.24) is 0 Å². The molecule has 0 atom stereocenters. The molecule has 20 heteroatoms. The van der Waals surface area contributed by atoms with E-state index in [9.17, 15) is 58.4 Å². The fourth-order valence-electron chi connectivity index (χ4n) is 7.55. The predicted molar refractivity (Wildman–Crippen MR) is 222 cm³/mol. The maximum atomic E-state index is 13.6. The molecule has 2 aliphatic rings. The van der Waals surface area contributed by atoms with E-state index in [1.165, 1.54) is 11.0 Å². The van der Waals surface area contributed by atoms with Crippen LogP contribution in [0.15, 0.2) is 65.2 Å². The molecule has 2 aliphatic heterocycles. The summed E-state index contributed by atoms with van der Waals surface area (Å²) in [7, 11) is -13.6. The van der Waals surface area contributed by atoms with Crippen LogP contribution in [0.5, 0.6) is 0 Å². The van der Waals surface area contributed by atoms with Crippen molar-refractivity contribution < 1.29 is 72.5 Å². The van der Waals surface area contributed by atoms with Crippen LogP contribution in [0.25, 0.3) is 0 Å². The molecule has 0 spiro atoms. The van der Waals surface area contributed by atoms with Gasteiger partial charge < -0.3 is 19.5 Å². The fraction of sp³-hybridized carbons (Fsp3) is 0.450. The van der Waals surface area contributed by atoms with Crippen LogP contribution in [0.2, 0.25) is 0 Å². The number of hydrogen-bond donors (Lipinski definition) is 4. The van der Waals surface area contributed by atoms with Crippen molar-refractivity contribution in [2.75, 3.05) is 42.7 Å². The molecule has 4 N–H and O–H groups in total. The Labute approximate surface area is 350 Å². The number of carboxylic acid groups (broad SMARTS) is 1. The van der Waals surface area contributed by atoms with Crippen molar-refractivity contribution in [3.05, 3.63) is 88.2 Å². The van der Waals surface area contributed by atoms with E-state index in [-0.39, 0.29) is 61.5 Å². The molecule has 0 aliphatic carbocycles. The van der Waals surface area contributed by atoms with Crippen molar-refractivity contribution in [1.29, 1.82) is 0 Å². The van der Waals surface area contributed by atoms with Gasteiger partial charge in [-0.15, -0.1) is 0 Å². The Morgan fingerprint density at radius 1 is 0.750 bits per heavy atom. The van der Waals surface area contributed by atoms with Gasteiger partial charge in [0.15, 0.2) is 5.71 Å². The van der Waals surface area contributed by atoms with Gasteiger partial charge in [-0.05, 0) is 57.4 Å². The van der Waals surface area contributed by atoms with E-state index in [1.807, 2.05) is 27.7 Å². The Balaban J connectivity index is 1.86. The number of rotatable bonds is 19. The van der Waals surface area contributed by atoms with E-state index in [4.69, 9.17) is 9.47 Å². The zero-order valence-electron chi connectivity index (χ0n) is 34.2. The Bertz CT molecular complexity index is 2520. The van der Waals surface area contributed by atoms with Gasteiger partial charge in [0.2, 0.25) is 5.69 Å². The summed E-state index contributed by atoms with van der Waals surface area (Å²) in [4.78, 5) is 40.0. The molecule has 0 fully saturated rings. The summed E-state index contributed by atoms with van der Waals surface area (Å²) in [5, 5.41) is 10.1. The molecule has 0 saturated heterocycles. The number of ether oxygens (including phenoxy) is 2. The number of aromatic carboxylic acids is 1. The third-order valence-corrected chi connectivity index (χ3v) is 12.5. The molecule has 0 radical (unpaired) electrons. The number of fused-ring (bicyclic) bond motifs is 2. The third kappa shape index (κ3) is 11.0. The number of hydrogen-bond acceptors (Lipinski definition) is 12. The minimum absolute atomic E-state index is 0.0333. The molecular formula is C40H51N2O15S3+. The maximum absolute atomic E-state index is 13.6. The van der Waals surface area contributed by atoms with Crippen molar-refractivity contribution in [2.24, 2.45) is 0 Å². The lowest BCUT2D eigenvalue weighted by Gasteiger charge is -2.27. The first kappa shape index (κ1) is 47.9. The summed E-state index contributed by atoms with van der Waals surface area (Å²) in [6.07, 6.45) is 9.14. The van der Waals surface area contributed by atoms with Gasteiger partial charge in [-0.3, -0.25) is 13.7 Å². The monoisotopic (exact) mass is 895 g/mol. The van der Waals surface area contributed by atoms with Gasteiger partial charge in [0.05, 0.1) is 57.3 Å². The van der Waals surface area contributed by atoms with Crippen LogP contribution in [0, 0.1) is 0 Å². The highest BCUT2D eigenvalue weighted by molar-refractivity contribution is 7.86. The first-order chi connectivity index (χ1) is 27.8. The largest absolute Gasteiger partial charge is 0.478 e. The number of carboxylic acids is 1. The van der Waals surface area contributed by atoms with Gasteiger partial charge in [-0.2, -0.15) is 29.8 Å². The van der Waals surface area contributed by atoms with Crippen molar-refractivity contribution >= 4 is 65.3 Å².